The van der Waals surface area contributed by atoms with Crippen LogP contribution in [0.3, 0.4) is 0 Å². The fourth-order valence-corrected chi connectivity index (χ4v) is 2.93. The summed E-state index contributed by atoms with van der Waals surface area (Å²) >= 11 is 0. The lowest BCUT2D eigenvalue weighted by molar-refractivity contribution is 0.387. The zero-order chi connectivity index (χ0) is 18.3. The largest absolute Gasteiger partial charge is 0.494 e. The Kier molecular flexibility index (Phi) is 3.72. The average Bonchev–Trinajstić information content (AvgIpc) is 3.00. The minimum absolute atomic E-state index is 0.144. The minimum atomic E-state index is -0.478. The Morgan fingerprint density at radius 1 is 1.12 bits per heavy atom. The maximum atomic E-state index is 14.7. The Hall–Kier alpha value is -3.55. The first-order chi connectivity index (χ1) is 12.6. The summed E-state index contributed by atoms with van der Waals surface area (Å²) in [6.07, 6.45) is 6.21. The molecule has 0 N–H and O–H groups in total. The van der Waals surface area contributed by atoms with E-state index < -0.39 is 5.82 Å². The predicted octanol–water partition coefficient (Wildman–Crippen LogP) is 2.40. The maximum Gasteiger partial charge on any atom is 0.298 e. The van der Waals surface area contributed by atoms with E-state index in [1.807, 2.05) is 0 Å². The van der Waals surface area contributed by atoms with Crippen molar-refractivity contribution in [3.8, 4) is 22.8 Å². The van der Waals surface area contributed by atoms with Gasteiger partial charge in [0.05, 0.1) is 7.11 Å². The van der Waals surface area contributed by atoms with Gasteiger partial charge in [-0.25, -0.2) is 14.4 Å². The van der Waals surface area contributed by atoms with Gasteiger partial charge in [0.2, 0.25) is 0 Å². The highest BCUT2D eigenvalue weighted by molar-refractivity contribution is 5.77. The molecule has 130 valence electrons. The highest BCUT2D eigenvalue weighted by atomic mass is 19.1. The molecule has 0 radical (unpaired) electrons. The van der Waals surface area contributed by atoms with Gasteiger partial charge in [0.25, 0.3) is 11.5 Å². The molecule has 0 fully saturated rings. The Morgan fingerprint density at radius 3 is 2.62 bits per heavy atom. The third-order valence-electron chi connectivity index (χ3n) is 4.19. The van der Waals surface area contributed by atoms with Crippen molar-refractivity contribution < 1.29 is 9.13 Å². The Morgan fingerprint density at radius 2 is 1.88 bits per heavy atom. The first kappa shape index (κ1) is 15.9. The lowest BCUT2D eigenvalue weighted by atomic mass is 10.0. The number of hydrogen-bond acceptors (Lipinski definition) is 5. The number of halogens is 1. The second-order valence-corrected chi connectivity index (χ2v) is 5.64. The summed E-state index contributed by atoms with van der Waals surface area (Å²) in [5.74, 6) is -0.159. The molecule has 4 aromatic rings. The molecule has 0 bridgehead atoms. The Balaban J connectivity index is 1.97. The van der Waals surface area contributed by atoms with Gasteiger partial charge in [0, 0.05) is 29.7 Å². The molecular formula is C18H14FN5O2. The van der Waals surface area contributed by atoms with E-state index in [1.165, 1.54) is 25.8 Å². The van der Waals surface area contributed by atoms with Gasteiger partial charge in [0.1, 0.15) is 11.8 Å². The molecule has 0 aliphatic rings. The van der Waals surface area contributed by atoms with E-state index in [-0.39, 0.29) is 17.3 Å². The van der Waals surface area contributed by atoms with Crippen molar-refractivity contribution in [1.82, 2.24) is 24.1 Å². The normalized spacial score (nSPS) is 11.0. The van der Waals surface area contributed by atoms with E-state index in [2.05, 4.69) is 15.1 Å². The van der Waals surface area contributed by atoms with Crippen LogP contribution < -0.4 is 10.3 Å². The zero-order valence-corrected chi connectivity index (χ0v) is 14.0. The van der Waals surface area contributed by atoms with Crippen molar-refractivity contribution >= 4 is 5.52 Å². The summed E-state index contributed by atoms with van der Waals surface area (Å²) in [6.45, 7) is 1.77. The van der Waals surface area contributed by atoms with Crippen molar-refractivity contribution in [2.75, 3.05) is 7.11 Å². The molecule has 7 nitrogen and oxygen atoms in total. The van der Waals surface area contributed by atoms with Gasteiger partial charge in [-0.15, -0.1) is 0 Å². The van der Waals surface area contributed by atoms with Gasteiger partial charge in [-0.2, -0.15) is 9.78 Å². The van der Waals surface area contributed by atoms with E-state index in [0.29, 0.717) is 22.2 Å². The summed E-state index contributed by atoms with van der Waals surface area (Å²) in [6, 6.07) is 6.55. The predicted molar refractivity (Wildman–Crippen MR) is 93.1 cm³/mol. The zero-order valence-electron chi connectivity index (χ0n) is 14.0. The molecule has 0 aliphatic heterocycles. The first-order valence-corrected chi connectivity index (χ1v) is 7.81. The number of rotatable bonds is 3. The maximum absolute atomic E-state index is 14.7. The molecule has 0 atom stereocenters. The van der Waals surface area contributed by atoms with E-state index in [1.54, 1.807) is 41.8 Å². The molecule has 0 saturated heterocycles. The molecule has 0 spiro atoms. The Labute approximate surface area is 147 Å². The molecule has 0 amide bonds. The Bertz CT molecular complexity index is 1170. The fourth-order valence-electron chi connectivity index (χ4n) is 2.93. The third-order valence-corrected chi connectivity index (χ3v) is 4.19. The van der Waals surface area contributed by atoms with Crippen LogP contribution in [0.2, 0.25) is 0 Å². The summed E-state index contributed by atoms with van der Waals surface area (Å²) in [4.78, 5) is 21.0. The van der Waals surface area contributed by atoms with Crippen LogP contribution in [0.4, 0.5) is 4.39 Å². The number of nitrogens with zero attached hydrogens (tertiary/aromatic N) is 5. The van der Waals surface area contributed by atoms with Gasteiger partial charge in [0.15, 0.2) is 11.6 Å². The van der Waals surface area contributed by atoms with E-state index in [0.717, 1.165) is 4.68 Å². The molecule has 3 aromatic heterocycles. The molecule has 0 saturated carbocycles. The van der Waals surface area contributed by atoms with E-state index >= 15 is 0 Å². The van der Waals surface area contributed by atoms with Crippen LogP contribution >= 0.6 is 0 Å². The molecule has 1 aromatic carbocycles. The van der Waals surface area contributed by atoms with Crippen molar-refractivity contribution in [2.45, 2.75) is 6.92 Å². The summed E-state index contributed by atoms with van der Waals surface area (Å²) < 4.78 is 22.4. The average molecular weight is 351 g/mol. The molecule has 8 heteroatoms. The van der Waals surface area contributed by atoms with Gasteiger partial charge in [-0.3, -0.25) is 4.79 Å². The number of hydrogen-bond donors (Lipinski definition) is 0. The third kappa shape index (κ3) is 2.34. The minimum Gasteiger partial charge on any atom is -0.494 e. The first-order valence-electron chi connectivity index (χ1n) is 7.81. The summed E-state index contributed by atoms with van der Waals surface area (Å²) in [5.41, 5.74) is 1.57. The van der Waals surface area contributed by atoms with Gasteiger partial charge >= 0.3 is 0 Å². The number of ether oxygens (including phenoxy) is 1. The van der Waals surface area contributed by atoms with Crippen LogP contribution in [-0.4, -0.2) is 31.3 Å². The number of aryl methyl sites for hydroxylation is 1. The van der Waals surface area contributed by atoms with Crippen molar-refractivity contribution in [3.63, 3.8) is 0 Å². The van der Waals surface area contributed by atoms with Crippen LogP contribution in [0.5, 0.6) is 5.75 Å². The van der Waals surface area contributed by atoms with Crippen LogP contribution in [0.15, 0.2) is 54.0 Å². The topological polar surface area (TPSA) is 74.3 Å². The van der Waals surface area contributed by atoms with E-state index in [9.17, 15) is 9.18 Å². The van der Waals surface area contributed by atoms with Gasteiger partial charge in [-0.1, -0.05) is 12.1 Å². The van der Waals surface area contributed by atoms with Crippen LogP contribution in [0.25, 0.3) is 22.6 Å². The van der Waals surface area contributed by atoms with Crippen LogP contribution in [0, 0.1) is 12.7 Å². The quantitative estimate of drug-likeness (QED) is 0.567. The molecule has 4 rings (SSSR count). The molecule has 3 heterocycles. The van der Waals surface area contributed by atoms with Crippen molar-refractivity contribution in [1.29, 1.82) is 0 Å². The molecular weight excluding hydrogens is 337 g/mol. The molecule has 26 heavy (non-hydrogen) atoms. The standard InChI is InChI=1S/C18H14FN5O2/c1-11-13(12-5-3-6-14(26-2)15(12)19)9-23-10-22-24(17(25)16(11)23)18-20-7-4-8-21-18/h3-10H,1-2H3. The number of methoxy groups -OCH3 is 1. The lowest BCUT2D eigenvalue weighted by Crippen LogP contribution is -2.24. The smallest absolute Gasteiger partial charge is 0.298 e. The highest BCUT2D eigenvalue weighted by Gasteiger charge is 2.19. The number of benzene rings is 1. The van der Waals surface area contributed by atoms with Crippen molar-refractivity contribution in [3.05, 3.63) is 70.9 Å². The monoisotopic (exact) mass is 351 g/mol. The van der Waals surface area contributed by atoms with Gasteiger partial charge < -0.3 is 9.14 Å². The second kappa shape index (κ2) is 6.07. The lowest BCUT2D eigenvalue weighted by Gasteiger charge is -2.06. The fraction of sp³-hybridized carbons (Fsp3) is 0.111. The van der Waals surface area contributed by atoms with Crippen LogP contribution in [-0.2, 0) is 0 Å². The summed E-state index contributed by atoms with van der Waals surface area (Å²) in [5, 5.41) is 4.10. The summed E-state index contributed by atoms with van der Waals surface area (Å²) in [7, 11) is 1.41. The van der Waals surface area contributed by atoms with Crippen molar-refractivity contribution in [2.24, 2.45) is 0 Å². The molecule has 0 unspecified atom stereocenters. The van der Waals surface area contributed by atoms with Crippen LogP contribution in [0.1, 0.15) is 5.56 Å². The SMILES string of the molecule is COc1cccc(-c2cn3cnn(-c4ncccn4)c(=O)c3c2C)c1F. The second-order valence-electron chi connectivity index (χ2n) is 5.64. The van der Waals surface area contributed by atoms with Gasteiger partial charge in [-0.05, 0) is 24.6 Å². The highest BCUT2D eigenvalue weighted by Crippen LogP contribution is 2.32. The number of aromatic nitrogens is 5. The van der Waals surface area contributed by atoms with E-state index in [4.69, 9.17) is 4.74 Å². The number of fused-ring (bicyclic) bond motifs is 1. The molecule has 0 aliphatic carbocycles.